The van der Waals surface area contributed by atoms with E-state index in [1.807, 2.05) is 0 Å². The van der Waals surface area contributed by atoms with Crippen LogP contribution in [0.3, 0.4) is 0 Å². The van der Waals surface area contributed by atoms with Crippen LogP contribution in [0.25, 0.3) is 11.1 Å². The molecule has 0 saturated carbocycles. The van der Waals surface area contributed by atoms with E-state index in [0.717, 1.165) is 6.07 Å². The van der Waals surface area contributed by atoms with Crippen LogP contribution in [-0.4, -0.2) is 41.9 Å². The van der Waals surface area contributed by atoms with Crippen molar-refractivity contribution in [2.24, 2.45) is 4.99 Å². The molecule has 1 aromatic carbocycles. The molecule has 0 aliphatic carbocycles. The lowest BCUT2D eigenvalue weighted by Crippen LogP contribution is -2.36. The van der Waals surface area contributed by atoms with E-state index < -0.39 is 24.5 Å². The molecule has 1 unspecified atom stereocenters. The average molecular weight is 463 g/mol. The molecule has 31 heavy (non-hydrogen) atoms. The highest BCUT2D eigenvalue weighted by Crippen LogP contribution is 2.52. The van der Waals surface area contributed by atoms with Gasteiger partial charge in [0.2, 0.25) is 11.8 Å². The van der Waals surface area contributed by atoms with Crippen molar-refractivity contribution in [1.29, 1.82) is 0 Å². The highest BCUT2D eigenvalue weighted by Gasteiger charge is 2.48. The fraction of sp³-hybridized carbons (Fsp3) is 0.368. The first kappa shape index (κ1) is 21.6. The van der Waals surface area contributed by atoms with E-state index in [4.69, 9.17) is 11.6 Å². The predicted octanol–water partition coefficient (Wildman–Crippen LogP) is 5.25. The van der Waals surface area contributed by atoms with Crippen LogP contribution in [-0.2, 0) is 4.74 Å². The maximum Gasteiger partial charge on any atom is 0.419 e. The Morgan fingerprint density at radius 1 is 1.26 bits per heavy atom. The summed E-state index contributed by atoms with van der Waals surface area (Å²) < 4.78 is 71.4. The second kappa shape index (κ2) is 7.79. The molecule has 6 nitrogen and oxygen atoms in total. The number of alkyl halides is 5. The Morgan fingerprint density at radius 2 is 2.00 bits per heavy atom. The first-order chi connectivity index (χ1) is 14.6. The molecule has 166 valence electrons. The van der Waals surface area contributed by atoms with Gasteiger partial charge in [0, 0.05) is 41.5 Å². The molecule has 0 spiro atoms. The molecule has 0 amide bonds. The third-order valence-corrected chi connectivity index (χ3v) is 5.40. The molecule has 0 saturated heterocycles. The molecule has 0 bridgehead atoms. The van der Waals surface area contributed by atoms with Crippen molar-refractivity contribution in [2.75, 3.05) is 23.3 Å². The number of hydrogen-bond acceptors (Lipinski definition) is 6. The van der Waals surface area contributed by atoms with Gasteiger partial charge in [-0.1, -0.05) is 11.6 Å². The van der Waals surface area contributed by atoms with Gasteiger partial charge in [-0.15, -0.1) is 0 Å². The Bertz CT molecular complexity index is 1060. The SMILES string of the molecule is Cc1nc(O)ccc1-c1cc(C(OC(F)F)C(F)(F)F)c2c(c1Cl)NC1=NCCCN12. The summed E-state index contributed by atoms with van der Waals surface area (Å²) in [6.45, 7) is -1.32. The number of rotatable bonds is 4. The second-order valence-electron chi connectivity index (χ2n) is 7.01. The third kappa shape index (κ3) is 3.87. The molecule has 12 heteroatoms. The van der Waals surface area contributed by atoms with Crippen molar-refractivity contribution < 1.29 is 31.8 Å². The number of aromatic nitrogens is 1. The quantitative estimate of drug-likeness (QED) is 0.607. The molecule has 3 heterocycles. The monoisotopic (exact) mass is 462 g/mol. The number of pyridine rings is 1. The third-order valence-electron chi connectivity index (χ3n) is 5.01. The molecule has 2 aliphatic heterocycles. The molecular weight excluding hydrogens is 447 g/mol. The summed E-state index contributed by atoms with van der Waals surface area (Å²) in [5.41, 5.74) is 0.348. The predicted molar refractivity (Wildman–Crippen MR) is 105 cm³/mol. The van der Waals surface area contributed by atoms with Crippen LogP contribution in [0.4, 0.5) is 33.3 Å². The Labute approximate surface area is 178 Å². The first-order valence-corrected chi connectivity index (χ1v) is 9.58. The van der Waals surface area contributed by atoms with E-state index in [9.17, 15) is 27.1 Å². The van der Waals surface area contributed by atoms with Crippen LogP contribution < -0.4 is 10.2 Å². The van der Waals surface area contributed by atoms with Crippen LogP contribution >= 0.6 is 11.6 Å². The van der Waals surface area contributed by atoms with Crippen LogP contribution in [0, 0.1) is 6.92 Å². The largest absolute Gasteiger partial charge is 0.493 e. The summed E-state index contributed by atoms with van der Waals surface area (Å²) in [5, 5.41) is 12.5. The van der Waals surface area contributed by atoms with E-state index in [2.05, 4.69) is 20.0 Å². The number of nitrogens with one attached hydrogen (secondary N) is 1. The lowest BCUT2D eigenvalue weighted by Gasteiger charge is -2.28. The number of hydrogen-bond donors (Lipinski definition) is 2. The van der Waals surface area contributed by atoms with E-state index >= 15 is 0 Å². The zero-order valence-corrected chi connectivity index (χ0v) is 16.7. The number of nitrogens with zero attached hydrogens (tertiary/aromatic N) is 3. The van der Waals surface area contributed by atoms with E-state index in [1.165, 1.54) is 24.0 Å². The Kier molecular flexibility index (Phi) is 5.42. The summed E-state index contributed by atoms with van der Waals surface area (Å²) in [4.78, 5) is 9.64. The maximum absolute atomic E-state index is 13.8. The summed E-state index contributed by atoms with van der Waals surface area (Å²) in [5.74, 6) is 0.0117. The highest BCUT2D eigenvalue weighted by molar-refractivity contribution is 6.39. The van der Waals surface area contributed by atoms with Gasteiger partial charge in [0.05, 0.1) is 16.4 Å². The van der Waals surface area contributed by atoms with Gasteiger partial charge in [-0.2, -0.15) is 22.0 Å². The molecule has 2 aromatic rings. The van der Waals surface area contributed by atoms with Crippen molar-refractivity contribution in [3.63, 3.8) is 0 Å². The standard InChI is InChI=1S/C19H16ClF5N4O2/c1-8-9(3-4-12(30)27-8)10-7-11(16(19(23,24)25)31-17(21)22)15-14(13(10)20)28-18-26-5-2-6-29(15)18/h3-4,7,16-17H,2,5-6H2,1H3,(H,26,28)(H,27,30). The van der Waals surface area contributed by atoms with Gasteiger partial charge in [0.1, 0.15) is 0 Å². The summed E-state index contributed by atoms with van der Waals surface area (Å²) >= 11 is 6.56. The molecule has 2 N–H and O–H groups in total. The number of aryl methyl sites for hydroxylation is 1. The van der Waals surface area contributed by atoms with Crippen molar-refractivity contribution in [1.82, 2.24) is 4.98 Å². The number of ether oxygens (including phenoxy) is 1. The number of halogens is 6. The minimum Gasteiger partial charge on any atom is -0.493 e. The van der Waals surface area contributed by atoms with Gasteiger partial charge in [-0.05, 0) is 25.5 Å². The van der Waals surface area contributed by atoms with Gasteiger partial charge in [0.25, 0.3) is 0 Å². The van der Waals surface area contributed by atoms with Crippen molar-refractivity contribution in [2.45, 2.75) is 32.2 Å². The number of aliphatic imine (C=N–C) groups is 1. The van der Waals surface area contributed by atoms with Gasteiger partial charge in [-0.3, -0.25) is 4.99 Å². The minimum atomic E-state index is -5.12. The Morgan fingerprint density at radius 3 is 2.65 bits per heavy atom. The molecule has 1 atom stereocenters. The van der Waals surface area contributed by atoms with Gasteiger partial charge < -0.3 is 20.1 Å². The number of aromatic hydroxyl groups is 1. The molecule has 4 rings (SSSR count). The molecule has 0 radical (unpaired) electrons. The fourth-order valence-electron chi connectivity index (χ4n) is 3.77. The zero-order chi connectivity index (χ0) is 22.5. The lowest BCUT2D eigenvalue weighted by atomic mass is 9.96. The first-order valence-electron chi connectivity index (χ1n) is 9.20. The number of guanidine groups is 1. The average Bonchev–Trinajstić information content (AvgIpc) is 3.07. The van der Waals surface area contributed by atoms with Crippen LogP contribution in [0.5, 0.6) is 5.88 Å². The van der Waals surface area contributed by atoms with Gasteiger partial charge in [-0.25, -0.2) is 4.98 Å². The maximum atomic E-state index is 13.8. The number of fused-ring (bicyclic) bond motifs is 3. The molecule has 1 aromatic heterocycles. The Hall–Kier alpha value is -2.66. The van der Waals surface area contributed by atoms with E-state index in [-0.39, 0.29) is 27.8 Å². The molecule has 2 aliphatic rings. The lowest BCUT2D eigenvalue weighted by molar-refractivity contribution is -0.277. The highest BCUT2D eigenvalue weighted by atomic mass is 35.5. The second-order valence-corrected chi connectivity index (χ2v) is 7.39. The van der Waals surface area contributed by atoms with Crippen molar-refractivity contribution in [3.05, 3.63) is 34.5 Å². The van der Waals surface area contributed by atoms with Crippen molar-refractivity contribution >= 4 is 28.9 Å². The van der Waals surface area contributed by atoms with Crippen LogP contribution in [0.15, 0.2) is 23.2 Å². The smallest absolute Gasteiger partial charge is 0.419 e. The summed E-state index contributed by atoms with van der Waals surface area (Å²) in [7, 11) is 0. The normalized spacial score (nSPS) is 16.6. The number of anilines is 2. The fourth-order valence-corrected chi connectivity index (χ4v) is 4.07. The summed E-state index contributed by atoms with van der Waals surface area (Å²) in [6.07, 6.45) is -7.45. The van der Waals surface area contributed by atoms with Crippen LogP contribution in [0.2, 0.25) is 5.02 Å². The van der Waals surface area contributed by atoms with E-state index in [1.54, 1.807) is 0 Å². The van der Waals surface area contributed by atoms with E-state index in [0.29, 0.717) is 36.7 Å². The van der Waals surface area contributed by atoms with Gasteiger partial charge >= 0.3 is 12.8 Å². The minimum absolute atomic E-state index is 0.000402. The summed E-state index contributed by atoms with van der Waals surface area (Å²) in [6, 6.07) is 3.77. The molecule has 0 fully saturated rings. The van der Waals surface area contributed by atoms with Crippen molar-refractivity contribution in [3.8, 4) is 17.0 Å². The zero-order valence-electron chi connectivity index (χ0n) is 16.0. The van der Waals surface area contributed by atoms with Gasteiger partial charge in [0.15, 0.2) is 6.10 Å². The van der Waals surface area contributed by atoms with Crippen LogP contribution in [0.1, 0.15) is 23.8 Å². The number of benzene rings is 1. The Balaban J connectivity index is 2.00. The molecular formula is C19H16ClF5N4O2. The topological polar surface area (TPSA) is 70.0 Å².